The molecule has 1 heterocycles. The standard InChI is InChI=1S/C7H14N2O2/c1-9(11-2)7(10)6-4-3-5-8-6/h6,8H,3-5H2,1-2H3/t6-/m0/s1. The van der Waals surface area contributed by atoms with Crippen LogP contribution in [0.5, 0.6) is 0 Å². The van der Waals surface area contributed by atoms with Crippen LogP contribution in [-0.2, 0) is 9.63 Å². The minimum Gasteiger partial charge on any atom is -0.306 e. The predicted molar refractivity (Wildman–Crippen MR) is 40.8 cm³/mol. The molecule has 1 aliphatic rings. The summed E-state index contributed by atoms with van der Waals surface area (Å²) < 4.78 is 0. The van der Waals surface area contributed by atoms with E-state index >= 15 is 0 Å². The van der Waals surface area contributed by atoms with Gasteiger partial charge in [-0.1, -0.05) is 0 Å². The van der Waals surface area contributed by atoms with E-state index in [1.54, 1.807) is 7.05 Å². The molecule has 0 aromatic carbocycles. The molecule has 0 spiro atoms. The third-order valence-corrected chi connectivity index (χ3v) is 1.94. The fourth-order valence-electron chi connectivity index (χ4n) is 1.20. The summed E-state index contributed by atoms with van der Waals surface area (Å²) >= 11 is 0. The van der Waals surface area contributed by atoms with Gasteiger partial charge in [-0.3, -0.25) is 9.63 Å². The number of carbonyl (C=O) groups is 1. The highest BCUT2D eigenvalue weighted by molar-refractivity contribution is 5.80. The predicted octanol–water partition coefficient (Wildman–Crippen LogP) is -0.242. The van der Waals surface area contributed by atoms with E-state index in [-0.39, 0.29) is 11.9 Å². The van der Waals surface area contributed by atoms with Crippen LogP contribution >= 0.6 is 0 Å². The van der Waals surface area contributed by atoms with Gasteiger partial charge in [-0.15, -0.1) is 0 Å². The Hall–Kier alpha value is -0.610. The first kappa shape index (κ1) is 8.49. The summed E-state index contributed by atoms with van der Waals surface area (Å²) in [6.45, 7) is 0.938. The number of nitrogens with zero attached hydrogens (tertiary/aromatic N) is 1. The first-order chi connectivity index (χ1) is 5.25. The lowest BCUT2D eigenvalue weighted by Gasteiger charge is -2.17. The molecule has 0 radical (unpaired) electrons. The Morgan fingerprint density at radius 3 is 2.91 bits per heavy atom. The second-order valence-corrected chi connectivity index (χ2v) is 2.67. The summed E-state index contributed by atoms with van der Waals surface area (Å²) in [5.41, 5.74) is 0. The average Bonchev–Trinajstić information content (AvgIpc) is 2.53. The highest BCUT2D eigenvalue weighted by Gasteiger charge is 2.24. The van der Waals surface area contributed by atoms with Crippen molar-refractivity contribution < 1.29 is 9.63 Å². The van der Waals surface area contributed by atoms with E-state index in [0.717, 1.165) is 19.4 Å². The number of carbonyl (C=O) groups excluding carboxylic acids is 1. The molecule has 0 aromatic rings. The van der Waals surface area contributed by atoms with Gasteiger partial charge in [0.15, 0.2) is 0 Å². The van der Waals surface area contributed by atoms with Crippen molar-refractivity contribution in [2.24, 2.45) is 0 Å². The van der Waals surface area contributed by atoms with Crippen LogP contribution in [0.15, 0.2) is 0 Å². The molecule has 0 bridgehead atoms. The third-order valence-electron chi connectivity index (χ3n) is 1.94. The number of likely N-dealkylation sites (N-methyl/N-ethyl adjacent to an activating group) is 1. The van der Waals surface area contributed by atoms with E-state index in [4.69, 9.17) is 4.84 Å². The Labute approximate surface area is 66.5 Å². The van der Waals surface area contributed by atoms with Crippen molar-refractivity contribution >= 4 is 5.91 Å². The number of hydroxylamine groups is 2. The van der Waals surface area contributed by atoms with Crippen LogP contribution < -0.4 is 5.32 Å². The van der Waals surface area contributed by atoms with Crippen molar-refractivity contribution in [1.82, 2.24) is 10.4 Å². The molecule has 4 nitrogen and oxygen atoms in total. The van der Waals surface area contributed by atoms with E-state index in [0.29, 0.717) is 0 Å². The second kappa shape index (κ2) is 3.69. The Balaban J connectivity index is 2.39. The average molecular weight is 158 g/mol. The molecule has 1 saturated heterocycles. The van der Waals surface area contributed by atoms with Crippen LogP contribution in [0.3, 0.4) is 0 Å². The Bertz CT molecular complexity index is 143. The molecule has 1 aliphatic heterocycles. The van der Waals surface area contributed by atoms with Gasteiger partial charge in [-0.2, -0.15) is 0 Å². The van der Waals surface area contributed by atoms with Gasteiger partial charge in [0.1, 0.15) is 0 Å². The largest absolute Gasteiger partial charge is 0.306 e. The molecular weight excluding hydrogens is 144 g/mol. The highest BCUT2D eigenvalue weighted by atomic mass is 16.7. The summed E-state index contributed by atoms with van der Waals surface area (Å²) in [5.74, 6) is 0.0185. The summed E-state index contributed by atoms with van der Waals surface area (Å²) in [7, 11) is 3.12. The molecule has 1 amide bonds. The Morgan fingerprint density at radius 2 is 2.45 bits per heavy atom. The smallest absolute Gasteiger partial charge is 0.262 e. The van der Waals surface area contributed by atoms with Gasteiger partial charge in [0.05, 0.1) is 13.2 Å². The molecule has 4 heteroatoms. The molecule has 11 heavy (non-hydrogen) atoms. The SMILES string of the molecule is CON(C)C(=O)[C@@H]1CCCN1. The number of amides is 1. The van der Waals surface area contributed by atoms with Crippen LogP contribution in [0.4, 0.5) is 0 Å². The lowest BCUT2D eigenvalue weighted by molar-refractivity contribution is -0.170. The Morgan fingerprint density at radius 1 is 1.73 bits per heavy atom. The maximum absolute atomic E-state index is 11.3. The molecular formula is C7H14N2O2. The van der Waals surface area contributed by atoms with Crippen LogP contribution in [0.25, 0.3) is 0 Å². The van der Waals surface area contributed by atoms with Gasteiger partial charge >= 0.3 is 0 Å². The van der Waals surface area contributed by atoms with Crippen molar-refractivity contribution in [2.45, 2.75) is 18.9 Å². The molecule has 0 aromatic heterocycles. The number of hydrogen-bond acceptors (Lipinski definition) is 3. The molecule has 1 N–H and O–H groups in total. The van der Waals surface area contributed by atoms with Crippen LogP contribution in [0.1, 0.15) is 12.8 Å². The van der Waals surface area contributed by atoms with Crippen molar-refractivity contribution in [1.29, 1.82) is 0 Å². The topological polar surface area (TPSA) is 41.6 Å². The summed E-state index contributed by atoms with van der Waals surface area (Å²) in [6.07, 6.45) is 2.00. The van der Waals surface area contributed by atoms with Gasteiger partial charge in [-0.25, -0.2) is 5.06 Å². The third kappa shape index (κ3) is 1.91. The fourth-order valence-corrected chi connectivity index (χ4v) is 1.20. The lowest BCUT2D eigenvalue weighted by atomic mass is 10.2. The normalized spacial score (nSPS) is 23.6. The fraction of sp³-hybridized carbons (Fsp3) is 0.857. The molecule has 1 rings (SSSR count). The number of rotatable bonds is 2. The van der Waals surface area contributed by atoms with Crippen molar-refractivity contribution in [3.05, 3.63) is 0 Å². The van der Waals surface area contributed by atoms with Gasteiger partial charge in [0, 0.05) is 7.05 Å². The maximum Gasteiger partial charge on any atom is 0.262 e. The molecule has 0 aliphatic carbocycles. The van der Waals surface area contributed by atoms with E-state index < -0.39 is 0 Å². The van der Waals surface area contributed by atoms with E-state index in [9.17, 15) is 4.79 Å². The van der Waals surface area contributed by atoms with E-state index in [2.05, 4.69) is 5.32 Å². The van der Waals surface area contributed by atoms with E-state index in [1.807, 2.05) is 0 Å². The minimum absolute atomic E-state index is 0.0185. The zero-order valence-corrected chi connectivity index (χ0v) is 6.96. The number of nitrogens with one attached hydrogen (secondary N) is 1. The van der Waals surface area contributed by atoms with Gasteiger partial charge in [0.2, 0.25) is 0 Å². The maximum atomic E-state index is 11.3. The van der Waals surface area contributed by atoms with Crippen LogP contribution in [0.2, 0.25) is 0 Å². The molecule has 1 atom stereocenters. The van der Waals surface area contributed by atoms with Crippen molar-refractivity contribution in [3.63, 3.8) is 0 Å². The Kier molecular flexibility index (Phi) is 2.84. The second-order valence-electron chi connectivity index (χ2n) is 2.67. The molecule has 1 fully saturated rings. The zero-order chi connectivity index (χ0) is 8.27. The minimum atomic E-state index is -0.0278. The monoisotopic (exact) mass is 158 g/mol. The van der Waals surface area contributed by atoms with Gasteiger partial charge in [-0.05, 0) is 19.4 Å². The summed E-state index contributed by atoms with van der Waals surface area (Å²) in [4.78, 5) is 16.1. The quantitative estimate of drug-likeness (QED) is 0.564. The van der Waals surface area contributed by atoms with E-state index in [1.165, 1.54) is 12.2 Å². The zero-order valence-electron chi connectivity index (χ0n) is 6.96. The highest BCUT2D eigenvalue weighted by Crippen LogP contribution is 2.07. The van der Waals surface area contributed by atoms with Crippen LogP contribution in [0, 0.1) is 0 Å². The van der Waals surface area contributed by atoms with Crippen molar-refractivity contribution in [3.8, 4) is 0 Å². The number of hydrogen-bond donors (Lipinski definition) is 1. The van der Waals surface area contributed by atoms with Gasteiger partial charge in [0.25, 0.3) is 5.91 Å². The molecule has 64 valence electrons. The summed E-state index contributed by atoms with van der Waals surface area (Å²) in [5, 5.41) is 4.37. The van der Waals surface area contributed by atoms with Crippen LogP contribution in [-0.4, -0.2) is 37.7 Å². The molecule has 0 saturated carbocycles. The van der Waals surface area contributed by atoms with Gasteiger partial charge < -0.3 is 5.32 Å². The molecule has 0 unspecified atom stereocenters. The van der Waals surface area contributed by atoms with Crippen molar-refractivity contribution in [2.75, 3.05) is 20.7 Å². The first-order valence-electron chi connectivity index (χ1n) is 3.80. The lowest BCUT2D eigenvalue weighted by Crippen LogP contribution is -2.40. The first-order valence-corrected chi connectivity index (χ1v) is 3.80. The summed E-state index contributed by atoms with van der Waals surface area (Å²) in [6, 6.07) is -0.0278.